The van der Waals surface area contributed by atoms with Gasteiger partial charge in [-0.3, -0.25) is 24.6 Å². The highest BCUT2D eigenvalue weighted by Crippen LogP contribution is 2.31. The average Bonchev–Trinajstić information content (AvgIpc) is 3.05. The van der Waals surface area contributed by atoms with Crippen LogP contribution in [0.4, 0.5) is 16.2 Å². The molecule has 2 N–H and O–H groups in total. The van der Waals surface area contributed by atoms with Crippen molar-refractivity contribution in [1.29, 1.82) is 0 Å². The Bertz CT molecular complexity index is 1310. The SMILES string of the molecule is CC1(c2ccc([N+](=O)[O-])cc2)NC(=O)N(CC(=O)Nc2ccc(Oc3ccccc3Cl)cc2)C1=O. The fourth-order valence-corrected chi connectivity index (χ4v) is 3.73. The van der Waals surface area contributed by atoms with Crippen molar-refractivity contribution in [2.45, 2.75) is 12.5 Å². The van der Waals surface area contributed by atoms with Gasteiger partial charge in [-0.1, -0.05) is 23.7 Å². The Balaban J connectivity index is 1.39. The molecule has 3 aromatic carbocycles. The standard InChI is InChI=1S/C24H19ClN4O6/c1-24(15-6-10-17(11-7-15)29(33)34)22(31)28(23(32)27-24)14-21(30)26-16-8-12-18(13-9-16)35-20-5-3-2-4-19(20)25/h2-13H,14H2,1H3,(H,26,30)(H,27,32). The van der Waals surface area contributed by atoms with Crippen LogP contribution in [-0.4, -0.2) is 34.2 Å². The molecule has 0 bridgehead atoms. The molecular formula is C24H19ClN4O6. The Morgan fingerprint density at radius 2 is 1.74 bits per heavy atom. The highest BCUT2D eigenvalue weighted by Gasteiger charge is 2.49. The number of nitro benzene ring substituents is 1. The molecule has 3 aromatic rings. The fraction of sp³-hybridized carbons (Fsp3) is 0.125. The van der Waals surface area contributed by atoms with Crippen molar-refractivity contribution < 1.29 is 24.0 Å². The molecule has 10 nitrogen and oxygen atoms in total. The molecule has 1 unspecified atom stereocenters. The molecule has 11 heteroatoms. The van der Waals surface area contributed by atoms with E-state index in [9.17, 15) is 24.5 Å². The molecule has 1 atom stereocenters. The zero-order chi connectivity index (χ0) is 25.2. The Morgan fingerprint density at radius 3 is 2.37 bits per heavy atom. The van der Waals surface area contributed by atoms with Gasteiger partial charge in [0.1, 0.15) is 23.6 Å². The maximum atomic E-state index is 13.0. The van der Waals surface area contributed by atoms with Crippen LogP contribution in [0.5, 0.6) is 11.5 Å². The average molecular weight is 495 g/mol. The molecular weight excluding hydrogens is 476 g/mol. The quantitative estimate of drug-likeness (QED) is 0.283. The van der Waals surface area contributed by atoms with Crippen LogP contribution in [0.15, 0.2) is 72.8 Å². The minimum Gasteiger partial charge on any atom is -0.456 e. The van der Waals surface area contributed by atoms with Crippen LogP contribution >= 0.6 is 11.6 Å². The van der Waals surface area contributed by atoms with Crippen LogP contribution in [0.2, 0.25) is 5.02 Å². The second-order valence-corrected chi connectivity index (χ2v) is 8.26. The van der Waals surface area contributed by atoms with Crippen LogP contribution < -0.4 is 15.4 Å². The summed E-state index contributed by atoms with van der Waals surface area (Å²) >= 11 is 6.08. The molecule has 0 spiro atoms. The summed E-state index contributed by atoms with van der Waals surface area (Å²) in [5, 5.41) is 16.5. The minimum atomic E-state index is -1.45. The van der Waals surface area contributed by atoms with Crippen molar-refractivity contribution in [3.8, 4) is 11.5 Å². The van der Waals surface area contributed by atoms with E-state index in [-0.39, 0.29) is 5.69 Å². The Hall–Kier alpha value is -4.44. The highest BCUT2D eigenvalue weighted by atomic mass is 35.5. The van der Waals surface area contributed by atoms with E-state index in [1.807, 2.05) is 0 Å². The summed E-state index contributed by atoms with van der Waals surface area (Å²) in [5.74, 6) is -0.235. The minimum absolute atomic E-state index is 0.145. The molecule has 35 heavy (non-hydrogen) atoms. The number of imide groups is 1. The van der Waals surface area contributed by atoms with E-state index in [4.69, 9.17) is 16.3 Å². The van der Waals surface area contributed by atoms with E-state index in [1.165, 1.54) is 31.2 Å². The number of anilines is 1. The van der Waals surface area contributed by atoms with Crippen LogP contribution in [0.25, 0.3) is 0 Å². The monoisotopic (exact) mass is 494 g/mol. The summed E-state index contributed by atoms with van der Waals surface area (Å²) in [4.78, 5) is 49.1. The third-order valence-electron chi connectivity index (χ3n) is 5.43. The van der Waals surface area contributed by atoms with Gasteiger partial charge in [0, 0.05) is 17.8 Å². The molecule has 1 saturated heterocycles. The summed E-state index contributed by atoms with van der Waals surface area (Å²) in [6.07, 6.45) is 0. The molecule has 0 aromatic heterocycles. The number of nitro groups is 1. The van der Waals surface area contributed by atoms with Gasteiger partial charge in [0.25, 0.3) is 11.6 Å². The van der Waals surface area contributed by atoms with Gasteiger partial charge in [-0.25, -0.2) is 4.79 Å². The Morgan fingerprint density at radius 1 is 1.09 bits per heavy atom. The zero-order valence-electron chi connectivity index (χ0n) is 18.4. The van der Waals surface area contributed by atoms with E-state index < -0.39 is 34.9 Å². The summed E-state index contributed by atoms with van der Waals surface area (Å²) in [5.41, 5.74) is -0.803. The first kappa shape index (κ1) is 23.7. The molecule has 4 amide bonds. The molecule has 1 aliphatic rings. The van der Waals surface area contributed by atoms with Gasteiger partial charge in [-0.2, -0.15) is 0 Å². The second kappa shape index (κ2) is 9.43. The van der Waals surface area contributed by atoms with Crippen LogP contribution in [0.3, 0.4) is 0 Å². The first-order valence-corrected chi connectivity index (χ1v) is 10.8. The van der Waals surface area contributed by atoms with Crippen molar-refractivity contribution in [3.05, 3.63) is 93.5 Å². The molecule has 0 saturated carbocycles. The van der Waals surface area contributed by atoms with Crippen LogP contribution in [-0.2, 0) is 15.1 Å². The number of carbonyl (C=O) groups excluding carboxylic acids is 3. The Labute approximate surface area is 204 Å². The molecule has 1 heterocycles. The number of para-hydroxylation sites is 1. The topological polar surface area (TPSA) is 131 Å². The molecule has 1 fully saturated rings. The maximum Gasteiger partial charge on any atom is 0.325 e. The summed E-state index contributed by atoms with van der Waals surface area (Å²) in [7, 11) is 0. The lowest BCUT2D eigenvalue weighted by molar-refractivity contribution is -0.384. The lowest BCUT2D eigenvalue weighted by Crippen LogP contribution is -2.42. The number of halogens is 1. The summed E-state index contributed by atoms with van der Waals surface area (Å²) < 4.78 is 5.70. The lowest BCUT2D eigenvalue weighted by Gasteiger charge is -2.22. The predicted octanol–water partition coefficient (Wildman–Crippen LogP) is 4.45. The van der Waals surface area contributed by atoms with E-state index >= 15 is 0 Å². The van der Waals surface area contributed by atoms with E-state index in [0.29, 0.717) is 27.8 Å². The van der Waals surface area contributed by atoms with Crippen LogP contribution in [0.1, 0.15) is 12.5 Å². The van der Waals surface area contributed by atoms with Gasteiger partial charge in [-0.05, 0) is 61.0 Å². The van der Waals surface area contributed by atoms with Crippen molar-refractivity contribution in [2.75, 3.05) is 11.9 Å². The maximum absolute atomic E-state index is 13.0. The molecule has 4 rings (SSSR count). The third-order valence-corrected chi connectivity index (χ3v) is 5.75. The zero-order valence-corrected chi connectivity index (χ0v) is 19.1. The van der Waals surface area contributed by atoms with E-state index in [2.05, 4.69) is 10.6 Å². The van der Waals surface area contributed by atoms with E-state index in [0.717, 1.165) is 4.90 Å². The lowest BCUT2D eigenvalue weighted by atomic mass is 9.92. The fourth-order valence-electron chi connectivity index (χ4n) is 3.56. The molecule has 0 aliphatic carbocycles. The Kier molecular flexibility index (Phi) is 6.39. The number of benzene rings is 3. The molecule has 1 aliphatic heterocycles. The number of nitrogens with one attached hydrogen (secondary N) is 2. The molecule has 0 radical (unpaired) electrons. The normalized spacial score (nSPS) is 17.1. The smallest absolute Gasteiger partial charge is 0.325 e. The number of hydrogen-bond donors (Lipinski definition) is 2. The number of non-ortho nitro benzene ring substituents is 1. The number of hydrogen-bond acceptors (Lipinski definition) is 6. The number of nitrogens with zero attached hydrogens (tertiary/aromatic N) is 2. The largest absolute Gasteiger partial charge is 0.456 e. The number of ether oxygens (including phenoxy) is 1. The number of rotatable bonds is 7. The molecule has 178 valence electrons. The number of carbonyl (C=O) groups is 3. The van der Waals surface area contributed by atoms with Gasteiger partial charge in [0.05, 0.1) is 9.95 Å². The van der Waals surface area contributed by atoms with Crippen LogP contribution in [0, 0.1) is 10.1 Å². The second-order valence-electron chi connectivity index (χ2n) is 7.86. The van der Waals surface area contributed by atoms with Crippen molar-refractivity contribution in [1.82, 2.24) is 10.2 Å². The highest BCUT2D eigenvalue weighted by molar-refractivity contribution is 6.32. The summed E-state index contributed by atoms with van der Waals surface area (Å²) in [6.45, 7) is 0.967. The van der Waals surface area contributed by atoms with Gasteiger partial charge in [0.15, 0.2) is 0 Å². The first-order chi connectivity index (χ1) is 16.7. The van der Waals surface area contributed by atoms with Gasteiger partial charge in [-0.15, -0.1) is 0 Å². The van der Waals surface area contributed by atoms with Gasteiger partial charge in [0.2, 0.25) is 5.91 Å². The number of amides is 4. The predicted molar refractivity (Wildman–Crippen MR) is 127 cm³/mol. The van der Waals surface area contributed by atoms with Gasteiger partial charge >= 0.3 is 6.03 Å². The van der Waals surface area contributed by atoms with Gasteiger partial charge < -0.3 is 15.4 Å². The van der Waals surface area contributed by atoms with Crippen molar-refractivity contribution >= 4 is 40.8 Å². The first-order valence-electron chi connectivity index (χ1n) is 10.4. The van der Waals surface area contributed by atoms with Crippen molar-refractivity contribution in [2.24, 2.45) is 0 Å². The summed E-state index contributed by atoms with van der Waals surface area (Å²) in [6, 6.07) is 18.0. The number of urea groups is 1. The third kappa shape index (κ3) is 4.92. The van der Waals surface area contributed by atoms with E-state index in [1.54, 1.807) is 48.5 Å². The van der Waals surface area contributed by atoms with Crippen molar-refractivity contribution in [3.63, 3.8) is 0 Å².